The lowest BCUT2D eigenvalue weighted by Gasteiger charge is -2.33. The van der Waals surface area contributed by atoms with Crippen LogP contribution in [0.2, 0.25) is 0 Å². The molecule has 6 nitrogen and oxygen atoms in total. The molecule has 3 amide bonds. The van der Waals surface area contributed by atoms with E-state index in [0.717, 1.165) is 32.4 Å². The number of urea groups is 1. The summed E-state index contributed by atoms with van der Waals surface area (Å²) < 4.78 is 0. The number of amides is 3. The van der Waals surface area contributed by atoms with Crippen LogP contribution in [0.5, 0.6) is 0 Å². The van der Waals surface area contributed by atoms with Crippen LogP contribution in [0.4, 0.5) is 4.79 Å². The number of benzene rings is 1. The number of fused-ring (bicyclic) bond motifs is 1. The summed E-state index contributed by atoms with van der Waals surface area (Å²) in [4.78, 5) is 28.4. The Morgan fingerprint density at radius 2 is 1.92 bits per heavy atom. The molecule has 2 aliphatic rings. The molecule has 1 aromatic carbocycles. The average molecular weight is 344 g/mol. The lowest BCUT2D eigenvalue weighted by Crippen LogP contribution is -2.50. The van der Waals surface area contributed by atoms with Crippen LogP contribution in [0, 0.1) is 0 Å². The zero-order chi connectivity index (χ0) is 17.8. The van der Waals surface area contributed by atoms with Gasteiger partial charge in [-0.25, -0.2) is 4.79 Å². The first kappa shape index (κ1) is 17.7. The summed E-state index contributed by atoms with van der Waals surface area (Å²) in [5, 5.41) is 5.86. The highest BCUT2D eigenvalue weighted by Gasteiger charge is 2.33. The second kappa shape index (κ2) is 7.87. The molecule has 136 valence electrons. The second-order valence-electron chi connectivity index (χ2n) is 6.92. The van der Waals surface area contributed by atoms with Crippen LogP contribution in [-0.2, 0) is 11.3 Å². The summed E-state index contributed by atoms with van der Waals surface area (Å²) in [6.07, 6.45) is 2.70. The van der Waals surface area contributed by atoms with Gasteiger partial charge in [-0.2, -0.15) is 0 Å². The molecule has 0 spiro atoms. The summed E-state index contributed by atoms with van der Waals surface area (Å²) in [6, 6.07) is 8.73. The number of hydrogen-bond donors (Lipinski definition) is 2. The summed E-state index contributed by atoms with van der Waals surface area (Å²) in [5.74, 6) is 0.0445. The van der Waals surface area contributed by atoms with Crippen molar-refractivity contribution in [2.75, 3.05) is 26.7 Å². The van der Waals surface area contributed by atoms with E-state index in [1.807, 2.05) is 17.0 Å². The fourth-order valence-electron chi connectivity index (χ4n) is 3.89. The van der Waals surface area contributed by atoms with Crippen molar-refractivity contribution in [2.45, 2.75) is 44.8 Å². The number of nitrogens with one attached hydrogen (secondary N) is 2. The number of carbonyl (C=O) groups is 2. The van der Waals surface area contributed by atoms with Crippen molar-refractivity contribution in [1.82, 2.24) is 20.4 Å². The first-order valence-electron chi connectivity index (χ1n) is 9.20. The van der Waals surface area contributed by atoms with E-state index in [1.165, 1.54) is 11.1 Å². The van der Waals surface area contributed by atoms with Gasteiger partial charge in [0.2, 0.25) is 5.91 Å². The molecular weight excluding hydrogens is 316 g/mol. The molecule has 2 heterocycles. The number of likely N-dealkylation sites (tertiary alicyclic amines) is 1. The molecule has 1 aromatic rings. The van der Waals surface area contributed by atoms with Crippen molar-refractivity contribution in [3.05, 3.63) is 35.4 Å². The Labute approximate surface area is 149 Å². The second-order valence-corrected chi connectivity index (χ2v) is 6.92. The molecule has 1 unspecified atom stereocenters. The molecule has 2 N–H and O–H groups in total. The van der Waals surface area contributed by atoms with Crippen LogP contribution >= 0.6 is 0 Å². The molecule has 1 atom stereocenters. The number of piperidine rings is 1. The molecule has 3 rings (SSSR count). The van der Waals surface area contributed by atoms with Gasteiger partial charge in [-0.15, -0.1) is 0 Å². The maximum absolute atomic E-state index is 12.8. The van der Waals surface area contributed by atoms with E-state index in [0.29, 0.717) is 13.1 Å². The Kier molecular flexibility index (Phi) is 5.58. The Hall–Kier alpha value is -2.08. The van der Waals surface area contributed by atoms with Crippen LogP contribution < -0.4 is 10.6 Å². The number of hydrogen-bond acceptors (Lipinski definition) is 3. The number of nitrogens with zero attached hydrogens (tertiary/aromatic N) is 2. The maximum atomic E-state index is 12.8. The van der Waals surface area contributed by atoms with E-state index < -0.39 is 0 Å². The smallest absolute Gasteiger partial charge is 0.318 e. The Morgan fingerprint density at radius 3 is 2.60 bits per heavy atom. The van der Waals surface area contributed by atoms with Crippen molar-refractivity contribution in [2.24, 2.45) is 0 Å². The van der Waals surface area contributed by atoms with Gasteiger partial charge in [0.25, 0.3) is 0 Å². The first-order chi connectivity index (χ1) is 12.1. The SMILES string of the molecule is CCC1c2ccccc2CN1C(=O)NC1CCN(CC(=O)NC)CC1. The lowest BCUT2D eigenvalue weighted by atomic mass is 10.0. The minimum atomic E-state index is 0.0350. The standard InChI is InChI=1S/C19H28N4O2/c1-3-17-16-7-5-4-6-14(16)12-23(17)19(25)21-15-8-10-22(11-9-15)13-18(24)20-2/h4-7,15,17H,3,8-13H2,1-2H3,(H,20,24)(H,21,25). The predicted octanol–water partition coefficient (Wildman–Crippen LogP) is 1.87. The Bertz CT molecular complexity index is 626. The highest BCUT2D eigenvalue weighted by Crippen LogP contribution is 2.35. The molecule has 0 aromatic heterocycles. The van der Waals surface area contributed by atoms with Crippen LogP contribution in [-0.4, -0.2) is 54.5 Å². The molecule has 0 bridgehead atoms. The minimum Gasteiger partial charge on any atom is -0.358 e. The zero-order valence-corrected chi connectivity index (χ0v) is 15.1. The van der Waals surface area contributed by atoms with Gasteiger partial charge in [-0.3, -0.25) is 9.69 Å². The third-order valence-electron chi connectivity index (χ3n) is 5.34. The van der Waals surface area contributed by atoms with Gasteiger partial charge < -0.3 is 15.5 Å². The third-order valence-corrected chi connectivity index (χ3v) is 5.34. The molecule has 1 saturated heterocycles. The van der Waals surface area contributed by atoms with Gasteiger partial charge in [0, 0.05) is 32.7 Å². The summed E-state index contributed by atoms with van der Waals surface area (Å²) in [6.45, 7) is 4.95. The van der Waals surface area contributed by atoms with E-state index in [9.17, 15) is 9.59 Å². The molecule has 1 fully saturated rings. The van der Waals surface area contributed by atoms with Crippen molar-refractivity contribution in [3.63, 3.8) is 0 Å². The van der Waals surface area contributed by atoms with Crippen molar-refractivity contribution >= 4 is 11.9 Å². The highest BCUT2D eigenvalue weighted by atomic mass is 16.2. The molecule has 2 aliphatic heterocycles. The third kappa shape index (κ3) is 3.95. The van der Waals surface area contributed by atoms with Crippen LogP contribution in [0.3, 0.4) is 0 Å². The van der Waals surface area contributed by atoms with Crippen molar-refractivity contribution in [1.29, 1.82) is 0 Å². The lowest BCUT2D eigenvalue weighted by molar-refractivity contribution is -0.122. The maximum Gasteiger partial charge on any atom is 0.318 e. The molecule has 0 saturated carbocycles. The van der Waals surface area contributed by atoms with Gasteiger partial charge in [0.05, 0.1) is 12.6 Å². The first-order valence-corrected chi connectivity index (χ1v) is 9.20. The quantitative estimate of drug-likeness (QED) is 0.876. The van der Waals surface area contributed by atoms with Crippen LogP contribution in [0.25, 0.3) is 0 Å². The Morgan fingerprint density at radius 1 is 1.20 bits per heavy atom. The van der Waals surface area contributed by atoms with Gasteiger partial charge in [0.1, 0.15) is 0 Å². The van der Waals surface area contributed by atoms with E-state index in [2.05, 4.69) is 34.6 Å². The molecule has 25 heavy (non-hydrogen) atoms. The number of rotatable bonds is 4. The van der Waals surface area contributed by atoms with E-state index in [-0.39, 0.29) is 24.0 Å². The van der Waals surface area contributed by atoms with Gasteiger partial charge >= 0.3 is 6.03 Å². The van der Waals surface area contributed by atoms with Crippen molar-refractivity contribution < 1.29 is 9.59 Å². The fraction of sp³-hybridized carbons (Fsp3) is 0.579. The fourth-order valence-corrected chi connectivity index (χ4v) is 3.89. The molecule has 0 radical (unpaired) electrons. The zero-order valence-electron chi connectivity index (χ0n) is 15.1. The van der Waals surface area contributed by atoms with Crippen LogP contribution in [0.1, 0.15) is 43.4 Å². The largest absolute Gasteiger partial charge is 0.358 e. The number of carbonyl (C=O) groups excluding carboxylic acids is 2. The van der Waals surface area contributed by atoms with Gasteiger partial charge in [0.15, 0.2) is 0 Å². The monoisotopic (exact) mass is 344 g/mol. The Balaban J connectivity index is 1.53. The van der Waals surface area contributed by atoms with E-state index in [4.69, 9.17) is 0 Å². The summed E-state index contributed by atoms with van der Waals surface area (Å²) >= 11 is 0. The predicted molar refractivity (Wildman–Crippen MR) is 97.1 cm³/mol. The van der Waals surface area contributed by atoms with Gasteiger partial charge in [-0.05, 0) is 30.4 Å². The summed E-state index contributed by atoms with van der Waals surface area (Å²) in [5.41, 5.74) is 2.53. The van der Waals surface area contributed by atoms with Gasteiger partial charge in [-0.1, -0.05) is 31.2 Å². The summed E-state index contributed by atoms with van der Waals surface area (Å²) in [7, 11) is 1.66. The highest BCUT2D eigenvalue weighted by molar-refractivity contribution is 5.77. The number of likely N-dealkylation sites (N-methyl/N-ethyl adjacent to an activating group) is 1. The average Bonchev–Trinajstić information content (AvgIpc) is 3.02. The van der Waals surface area contributed by atoms with E-state index in [1.54, 1.807) is 7.05 Å². The topological polar surface area (TPSA) is 64.7 Å². The minimum absolute atomic E-state index is 0.0350. The van der Waals surface area contributed by atoms with Crippen molar-refractivity contribution in [3.8, 4) is 0 Å². The van der Waals surface area contributed by atoms with Crippen LogP contribution in [0.15, 0.2) is 24.3 Å². The van der Waals surface area contributed by atoms with E-state index >= 15 is 0 Å². The molecular formula is C19H28N4O2. The molecule has 6 heteroatoms. The normalized spacial score (nSPS) is 21.0. The molecule has 0 aliphatic carbocycles.